The highest BCUT2D eigenvalue weighted by molar-refractivity contribution is 5.84. The molecule has 0 saturated carbocycles. The second-order valence-corrected chi connectivity index (χ2v) is 4.78. The Labute approximate surface area is 115 Å². The maximum Gasteiger partial charge on any atom is 0.416 e. The van der Waals surface area contributed by atoms with Gasteiger partial charge in [-0.2, -0.15) is 13.2 Å². The molecule has 0 spiro atoms. The van der Waals surface area contributed by atoms with Crippen molar-refractivity contribution in [3.8, 4) is 0 Å². The Hall–Kier alpha value is -1.56. The number of carbonyl (C=O) groups excluding carboxylic acids is 1. The van der Waals surface area contributed by atoms with E-state index in [0.29, 0.717) is 18.5 Å². The first-order valence-electron chi connectivity index (χ1n) is 6.62. The summed E-state index contributed by atoms with van der Waals surface area (Å²) in [5.41, 5.74) is -0.230. The summed E-state index contributed by atoms with van der Waals surface area (Å²) in [4.78, 5) is 13.6. The minimum atomic E-state index is -4.38. The van der Waals surface area contributed by atoms with Gasteiger partial charge in [0.1, 0.15) is 6.17 Å². The van der Waals surface area contributed by atoms with Gasteiger partial charge in [-0.1, -0.05) is 19.1 Å². The molecule has 3 nitrogen and oxygen atoms in total. The Bertz CT molecular complexity index is 501. The molecule has 20 heavy (non-hydrogen) atoms. The van der Waals surface area contributed by atoms with Crippen molar-refractivity contribution >= 4 is 5.91 Å². The van der Waals surface area contributed by atoms with Gasteiger partial charge in [-0.3, -0.25) is 10.1 Å². The third-order valence-corrected chi connectivity index (χ3v) is 3.53. The van der Waals surface area contributed by atoms with E-state index in [9.17, 15) is 18.0 Å². The molecule has 1 heterocycles. The third kappa shape index (κ3) is 2.65. The molecular weight excluding hydrogens is 269 g/mol. The molecule has 2 unspecified atom stereocenters. The molecule has 1 saturated heterocycles. The van der Waals surface area contributed by atoms with Gasteiger partial charge in [-0.25, -0.2) is 0 Å². The largest absolute Gasteiger partial charge is 0.416 e. The number of benzene rings is 1. The number of rotatable bonds is 3. The second kappa shape index (κ2) is 5.44. The van der Waals surface area contributed by atoms with Gasteiger partial charge >= 0.3 is 6.18 Å². The zero-order valence-corrected chi connectivity index (χ0v) is 11.4. The minimum absolute atomic E-state index is 0.0580. The number of hydrogen-bond donors (Lipinski definition) is 1. The summed E-state index contributed by atoms with van der Waals surface area (Å²) in [5.74, 6) is -0.0580. The summed E-state index contributed by atoms with van der Waals surface area (Å²) in [5, 5.41) is 3.10. The van der Waals surface area contributed by atoms with Gasteiger partial charge in [0.25, 0.3) is 0 Å². The van der Waals surface area contributed by atoms with Crippen LogP contribution < -0.4 is 5.32 Å². The maximum atomic E-state index is 12.8. The minimum Gasteiger partial charge on any atom is -0.322 e. The summed E-state index contributed by atoms with van der Waals surface area (Å²) in [6.45, 7) is 4.15. The van der Waals surface area contributed by atoms with E-state index in [1.54, 1.807) is 11.0 Å². The molecule has 110 valence electrons. The number of likely N-dealkylation sites (N-methyl/N-ethyl adjacent to an activating group) is 1. The van der Waals surface area contributed by atoms with Crippen molar-refractivity contribution in [2.45, 2.75) is 38.7 Å². The predicted octanol–water partition coefficient (Wildman–Crippen LogP) is 2.93. The van der Waals surface area contributed by atoms with E-state index in [4.69, 9.17) is 0 Å². The lowest BCUT2D eigenvalue weighted by Crippen LogP contribution is -2.30. The molecular formula is C14H17F3N2O. The zero-order chi connectivity index (χ0) is 14.9. The van der Waals surface area contributed by atoms with Crippen LogP contribution in [0.25, 0.3) is 0 Å². The maximum absolute atomic E-state index is 12.8. The molecule has 1 fully saturated rings. The molecule has 2 rings (SSSR count). The Morgan fingerprint density at radius 1 is 1.30 bits per heavy atom. The van der Waals surface area contributed by atoms with Crippen molar-refractivity contribution in [2.75, 3.05) is 6.54 Å². The molecule has 1 aliphatic heterocycles. The molecule has 1 aromatic rings. The normalized spacial score (nSPS) is 23.4. The summed E-state index contributed by atoms with van der Waals surface area (Å²) >= 11 is 0. The van der Waals surface area contributed by atoms with Gasteiger partial charge in [0, 0.05) is 6.54 Å². The fourth-order valence-corrected chi connectivity index (χ4v) is 2.47. The van der Waals surface area contributed by atoms with E-state index >= 15 is 0 Å². The molecule has 0 bridgehead atoms. The lowest BCUT2D eigenvalue weighted by atomic mass is 10.1. The smallest absolute Gasteiger partial charge is 0.322 e. The first-order chi connectivity index (χ1) is 9.38. The first kappa shape index (κ1) is 14.8. The predicted molar refractivity (Wildman–Crippen MR) is 68.8 cm³/mol. The topological polar surface area (TPSA) is 32.3 Å². The average molecular weight is 286 g/mol. The van der Waals surface area contributed by atoms with Crippen molar-refractivity contribution in [1.29, 1.82) is 0 Å². The van der Waals surface area contributed by atoms with Crippen molar-refractivity contribution < 1.29 is 18.0 Å². The zero-order valence-electron chi connectivity index (χ0n) is 11.4. The highest BCUT2D eigenvalue weighted by Crippen LogP contribution is 2.33. The number of amides is 1. The van der Waals surface area contributed by atoms with Crippen LogP contribution in [0.3, 0.4) is 0 Å². The Kier molecular flexibility index (Phi) is 4.04. The van der Waals surface area contributed by atoms with Crippen LogP contribution in [0.4, 0.5) is 13.2 Å². The van der Waals surface area contributed by atoms with E-state index < -0.39 is 17.9 Å². The van der Waals surface area contributed by atoms with Gasteiger partial charge in [0.15, 0.2) is 0 Å². The SMILES string of the molecule is CCC1NC(c2cccc(C(F)(F)F)c2)N(CC)C1=O. The molecule has 1 aliphatic rings. The monoisotopic (exact) mass is 286 g/mol. The summed E-state index contributed by atoms with van der Waals surface area (Å²) in [6, 6.07) is 4.80. The van der Waals surface area contributed by atoms with Crippen LogP contribution in [0.15, 0.2) is 24.3 Å². The lowest BCUT2D eigenvalue weighted by Gasteiger charge is -2.23. The lowest BCUT2D eigenvalue weighted by molar-refractivity contribution is -0.137. The second-order valence-electron chi connectivity index (χ2n) is 4.78. The van der Waals surface area contributed by atoms with E-state index in [0.717, 1.165) is 12.1 Å². The van der Waals surface area contributed by atoms with Crippen molar-refractivity contribution in [3.63, 3.8) is 0 Å². The fourth-order valence-electron chi connectivity index (χ4n) is 2.47. The molecule has 1 N–H and O–H groups in total. The van der Waals surface area contributed by atoms with Crippen LogP contribution in [0.5, 0.6) is 0 Å². The Morgan fingerprint density at radius 2 is 2.00 bits per heavy atom. The van der Waals surface area contributed by atoms with Crippen LogP contribution in [0, 0.1) is 0 Å². The van der Waals surface area contributed by atoms with Gasteiger partial charge in [-0.05, 0) is 31.0 Å². The average Bonchev–Trinajstić information content (AvgIpc) is 2.74. The van der Waals surface area contributed by atoms with E-state index in [1.807, 2.05) is 13.8 Å². The van der Waals surface area contributed by atoms with Crippen molar-refractivity contribution in [2.24, 2.45) is 0 Å². The van der Waals surface area contributed by atoms with Crippen LogP contribution in [-0.2, 0) is 11.0 Å². The van der Waals surface area contributed by atoms with Crippen LogP contribution in [-0.4, -0.2) is 23.4 Å². The van der Waals surface area contributed by atoms with Crippen LogP contribution in [0.1, 0.15) is 37.6 Å². The molecule has 0 aromatic heterocycles. The van der Waals surface area contributed by atoms with Crippen LogP contribution in [0.2, 0.25) is 0 Å². The fraction of sp³-hybridized carbons (Fsp3) is 0.500. The van der Waals surface area contributed by atoms with Gasteiger partial charge in [0.2, 0.25) is 5.91 Å². The number of nitrogens with zero attached hydrogens (tertiary/aromatic N) is 1. The molecule has 1 amide bonds. The van der Waals surface area contributed by atoms with Gasteiger partial charge < -0.3 is 4.90 Å². The number of halogens is 3. The molecule has 0 aliphatic carbocycles. The Balaban J connectivity index is 2.34. The molecule has 6 heteroatoms. The van der Waals surface area contributed by atoms with E-state index in [1.165, 1.54) is 6.07 Å². The number of carbonyl (C=O) groups is 1. The number of alkyl halides is 3. The quantitative estimate of drug-likeness (QED) is 0.926. The van der Waals surface area contributed by atoms with E-state index in [-0.39, 0.29) is 11.9 Å². The molecule has 1 aromatic carbocycles. The third-order valence-electron chi connectivity index (χ3n) is 3.53. The van der Waals surface area contributed by atoms with E-state index in [2.05, 4.69) is 5.32 Å². The van der Waals surface area contributed by atoms with Crippen molar-refractivity contribution in [3.05, 3.63) is 35.4 Å². The summed E-state index contributed by atoms with van der Waals surface area (Å²) in [7, 11) is 0. The number of hydrogen-bond acceptors (Lipinski definition) is 2. The van der Waals surface area contributed by atoms with Crippen molar-refractivity contribution in [1.82, 2.24) is 10.2 Å². The van der Waals surface area contributed by atoms with Gasteiger partial charge in [0.05, 0.1) is 11.6 Å². The summed E-state index contributed by atoms with van der Waals surface area (Å²) < 4.78 is 38.3. The summed E-state index contributed by atoms with van der Waals surface area (Å²) in [6.07, 6.45) is -4.25. The standard InChI is InChI=1S/C14H17F3N2O/c1-3-11-13(20)19(4-2)12(18-11)9-6-5-7-10(8-9)14(15,16)17/h5-8,11-12,18H,3-4H2,1-2H3. The molecule has 0 radical (unpaired) electrons. The highest BCUT2D eigenvalue weighted by Gasteiger charge is 2.38. The molecule has 2 atom stereocenters. The number of nitrogens with one attached hydrogen (secondary N) is 1. The first-order valence-corrected chi connectivity index (χ1v) is 6.62. The Morgan fingerprint density at radius 3 is 2.55 bits per heavy atom. The van der Waals surface area contributed by atoms with Crippen LogP contribution >= 0.6 is 0 Å². The van der Waals surface area contributed by atoms with Gasteiger partial charge in [-0.15, -0.1) is 0 Å². The highest BCUT2D eigenvalue weighted by atomic mass is 19.4.